The molecule has 0 aromatic rings. The lowest BCUT2D eigenvalue weighted by molar-refractivity contribution is -0.119. The van der Waals surface area contributed by atoms with E-state index in [-0.39, 0.29) is 24.6 Å². The average molecular weight is 285 g/mol. The number of nitrogens with zero attached hydrogens (tertiary/aromatic N) is 1. The maximum Gasteiger partial charge on any atom is 0.410 e. The summed E-state index contributed by atoms with van der Waals surface area (Å²) in [5, 5.41) is 5.65. The Balaban J connectivity index is 2.49. The second-order valence-electron chi connectivity index (χ2n) is 6.13. The first-order valence-electron chi connectivity index (χ1n) is 7.24. The molecule has 1 unspecified atom stereocenters. The van der Waals surface area contributed by atoms with Gasteiger partial charge in [0.05, 0.1) is 6.54 Å². The van der Waals surface area contributed by atoms with Gasteiger partial charge in [-0.05, 0) is 40.0 Å². The molecule has 6 nitrogen and oxygen atoms in total. The minimum Gasteiger partial charge on any atom is -0.444 e. The van der Waals surface area contributed by atoms with Gasteiger partial charge in [0.1, 0.15) is 5.60 Å². The van der Waals surface area contributed by atoms with Crippen LogP contribution < -0.4 is 10.6 Å². The van der Waals surface area contributed by atoms with Crippen LogP contribution in [-0.2, 0) is 9.53 Å². The van der Waals surface area contributed by atoms with Crippen molar-refractivity contribution < 1.29 is 14.3 Å². The minimum atomic E-state index is -0.478. The number of carbonyl (C=O) groups is 2. The number of likely N-dealkylation sites (tertiary alicyclic amines) is 1. The summed E-state index contributed by atoms with van der Waals surface area (Å²) >= 11 is 0. The SMILES string of the molecule is CNC(=O)CNCC1CCCCN1C(=O)OC(C)(C)C. The van der Waals surface area contributed by atoms with Crippen molar-refractivity contribution in [2.75, 3.05) is 26.7 Å². The molecular weight excluding hydrogens is 258 g/mol. The number of hydrogen-bond donors (Lipinski definition) is 2. The number of likely N-dealkylation sites (N-methyl/N-ethyl adjacent to an activating group) is 1. The highest BCUT2D eigenvalue weighted by Gasteiger charge is 2.30. The molecule has 116 valence electrons. The van der Waals surface area contributed by atoms with Gasteiger partial charge in [0, 0.05) is 26.2 Å². The molecule has 6 heteroatoms. The van der Waals surface area contributed by atoms with Crippen LogP contribution in [-0.4, -0.2) is 55.2 Å². The van der Waals surface area contributed by atoms with Crippen molar-refractivity contribution in [3.05, 3.63) is 0 Å². The first-order valence-corrected chi connectivity index (χ1v) is 7.24. The molecule has 0 aromatic carbocycles. The molecule has 0 aliphatic carbocycles. The van der Waals surface area contributed by atoms with E-state index in [1.807, 2.05) is 20.8 Å². The third kappa shape index (κ3) is 5.77. The molecule has 1 aliphatic heterocycles. The fourth-order valence-electron chi connectivity index (χ4n) is 2.21. The molecule has 0 spiro atoms. The van der Waals surface area contributed by atoms with E-state index in [9.17, 15) is 9.59 Å². The van der Waals surface area contributed by atoms with Crippen LogP contribution in [0.2, 0.25) is 0 Å². The maximum atomic E-state index is 12.2. The van der Waals surface area contributed by atoms with Crippen molar-refractivity contribution >= 4 is 12.0 Å². The van der Waals surface area contributed by atoms with E-state index >= 15 is 0 Å². The van der Waals surface area contributed by atoms with E-state index in [0.717, 1.165) is 25.8 Å². The van der Waals surface area contributed by atoms with Crippen molar-refractivity contribution in [3.8, 4) is 0 Å². The van der Waals surface area contributed by atoms with Crippen molar-refractivity contribution in [3.63, 3.8) is 0 Å². The number of rotatable bonds is 4. The van der Waals surface area contributed by atoms with Gasteiger partial charge in [-0.2, -0.15) is 0 Å². The maximum absolute atomic E-state index is 12.2. The topological polar surface area (TPSA) is 70.7 Å². The van der Waals surface area contributed by atoms with Gasteiger partial charge in [-0.15, -0.1) is 0 Å². The summed E-state index contributed by atoms with van der Waals surface area (Å²) in [5.74, 6) is -0.0513. The highest BCUT2D eigenvalue weighted by molar-refractivity contribution is 5.77. The summed E-state index contributed by atoms with van der Waals surface area (Å²) in [4.78, 5) is 25.1. The Morgan fingerprint density at radius 2 is 2.00 bits per heavy atom. The highest BCUT2D eigenvalue weighted by atomic mass is 16.6. The summed E-state index contributed by atoms with van der Waals surface area (Å²) in [6.07, 6.45) is 2.79. The number of nitrogens with one attached hydrogen (secondary N) is 2. The van der Waals surface area contributed by atoms with Gasteiger partial charge in [-0.3, -0.25) is 4.79 Å². The molecule has 1 atom stereocenters. The van der Waals surface area contributed by atoms with Crippen molar-refractivity contribution in [1.82, 2.24) is 15.5 Å². The normalized spacial score (nSPS) is 19.6. The summed E-state index contributed by atoms with van der Waals surface area (Å²) in [6, 6.07) is 0.100. The van der Waals surface area contributed by atoms with E-state index in [2.05, 4.69) is 10.6 Å². The molecule has 0 aromatic heterocycles. The Kier molecular flexibility index (Phi) is 6.26. The fourth-order valence-corrected chi connectivity index (χ4v) is 2.21. The largest absolute Gasteiger partial charge is 0.444 e. The standard InChI is InChI=1S/C14H27N3O3/c1-14(2,3)20-13(19)17-8-6-5-7-11(17)9-16-10-12(18)15-4/h11,16H,5-10H2,1-4H3,(H,15,18). The summed E-state index contributed by atoms with van der Waals surface area (Å²) in [7, 11) is 1.61. The van der Waals surface area contributed by atoms with Crippen LogP contribution in [0.5, 0.6) is 0 Å². The molecule has 2 amide bonds. The third-order valence-corrected chi connectivity index (χ3v) is 3.20. The lowest BCUT2D eigenvalue weighted by Gasteiger charge is -2.36. The molecule has 1 fully saturated rings. The van der Waals surface area contributed by atoms with E-state index in [0.29, 0.717) is 6.54 Å². The Hall–Kier alpha value is -1.30. The second-order valence-corrected chi connectivity index (χ2v) is 6.13. The van der Waals surface area contributed by atoms with Crippen molar-refractivity contribution in [2.45, 2.75) is 51.7 Å². The molecular formula is C14H27N3O3. The lowest BCUT2D eigenvalue weighted by Crippen LogP contribution is -2.50. The van der Waals surface area contributed by atoms with Crippen LogP contribution >= 0.6 is 0 Å². The van der Waals surface area contributed by atoms with Crippen LogP contribution in [0, 0.1) is 0 Å². The van der Waals surface area contributed by atoms with Gasteiger partial charge in [-0.1, -0.05) is 0 Å². The zero-order valence-corrected chi connectivity index (χ0v) is 13.0. The second kappa shape index (κ2) is 7.47. The van der Waals surface area contributed by atoms with Gasteiger partial charge in [0.15, 0.2) is 0 Å². The van der Waals surface area contributed by atoms with Gasteiger partial charge < -0.3 is 20.3 Å². The zero-order valence-electron chi connectivity index (χ0n) is 13.0. The van der Waals surface area contributed by atoms with Gasteiger partial charge >= 0.3 is 6.09 Å². The minimum absolute atomic E-state index is 0.0513. The Morgan fingerprint density at radius 3 is 2.60 bits per heavy atom. The van der Waals surface area contributed by atoms with Crippen molar-refractivity contribution in [2.24, 2.45) is 0 Å². The third-order valence-electron chi connectivity index (χ3n) is 3.20. The molecule has 1 saturated heterocycles. The summed E-state index contributed by atoms with van der Waals surface area (Å²) < 4.78 is 5.44. The Morgan fingerprint density at radius 1 is 1.30 bits per heavy atom. The predicted molar refractivity (Wildman–Crippen MR) is 77.5 cm³/mol. The number of hydrogen-bond acceptors (Lipinski definition) is 4. The van der Waals surface area contributed by atoms with Gasteiger partial charge in [-0.25, -0.2) is 4.79 Å². The van der Waals surface area contributed by atoms with Gasteiger partial charge in [0.25, 0.3) is 0 Å². The molecule has 1 rings (SSSR count). The molecule has 0 saturated carbocycles. The number of ether oxygens (including phenoxy) is 1. The van der Waals surface area contributed by atoms with Crippen LogP contribution in [0.15, 0.2) is 0 Å². The van der Waals surface area contributed by atoms with Crippen molar-refractivity contribution in [1.29, 1.82) is 0 Å². The first kappa shape index (κ1) is 16.8. The van der Waals surface area contributed by atoms with Crippen LogP contribution in [0.1, 0.15) is 40.0 Å². The molecule has 1 heterocycles. The monoisotopic (exact) mass is 285 g/mol. The smallest absolute Gasteiger partial charge is 0.410 e. The molecule has 20 heavy (non-hydrogen) atoms. The number of carbonyl (C=O) groups excluding carboxylic acids is 2. The molecule has 0 radical (unpaired) electrons. The predicted octanol–water partition coefficient (Wildman–Crippen LogP) is 1.11. The number of piperidine rings is 1. The van der Waals surface area contributed by atoms with E-state index in [1.165, 1.54) is 0 Å². The van der Waals surface area contributed by atoms with E-state index in [4.69, 9.17) is 4.74 Å². The van der Waals surface area contributed by atoms with Crippen LogP contribution in [0.4, 0.5) is 4.79 Å². The zero-order chi connectivity index (χ0) is 15.2. The average Bonchev–Trinajstić information content (AvgIpc) is 2.37. The molecule has 2 N–H and O–H groups in total. The quantitative estimate of drug-likeness (QED) is 0.812. The Labute approximate surface area is 121 Å². The lowest BCUT2D eigenvalue weighted by atomic mass is 10.0. The van der Waals surface area contributed by atoms with E-state index in [1.54, 1.807) is 11.9 Å². The number of amides is 2. The highest BCUT2D eigenvalue weighted by Crippen LogP contribution is 2.19. The molecule has 0 bridgehead atoms. The van der Waals surface area contributed by atoms with Crippen LogP contribution in [0.3, 0.4) is 0 Å². The van der Waals surface area contributed by atoms with Crippen LogP contribution in [0.25, 0.3) is 0 Å². The first-order chi connectivity index (χ1) is 9.33. The van der Waals surface area contributed by atoms with Gasteiger partial charge in [0.2, 0.25) is 5.91 Å². The summed E-state index contributed by atoms with van der Waals surface area (Å²) in [6.45, 7) is 7.22. The van der Waals surface area contributed by atoms with E-state index < -0.39 is 5.60 Å². The summed E-state index contributed by atoms with van der Waals surface area (Å²) in [5.41, 5.74) is -0.478. The molecule has 1 aliphatic rings. The Bertz CT molecular complexity index is 339. The fraction of sp³-hybridized carbons (Fsp3) is 0.857.